The molecule has 0 fully saturated rings. The van der Waals surface area contributed by atoms with E-state index in [0.29, 0.717) is 5.56 Å². The Morgan fingerprint density at radius 3 is 2.46 bits per heavy atom. The van der Waals surface area contributed by atoms with Crippen molar-refractivity contribution < 1.29 is 18.6 Å². The highest BCUT2D eigenvalue weighted by atomic mass is 79.9. The second-order valence-corrected chi connectivity index (χ2v) is 9.52. The van der Waals surface area contributed by atoms with Crippen molar-refractivity contribution in [1.82, 2.24) is 9.79 Å². The van der Waals surface area contributed by atoms with Gasteiger partial charge in [0.2, 0.25) is 5.91 Å². The molecule has 0 aliphatic rings. The molecule has 0 aliphatic heterocycles. The van der Waals surface area contributed by atoms with E-state index in [9.17, 15) is 13.7 Å². The van der Waals surface area contributed by atoms with E-state index in [1.54, 1.807) is 19.1 Å². The van der Waals surface area contributed by atoms with Gasteiger partial charge in [-0.25, -0.2) is 9.45 Å². The monoisotopic (exact) mass is 422 g/mol. The molecule has 1 aromatic carbocycles. The van der Waals surface area contributed by atoms with Crippen molar-refractivity contribution in [2.24, 2.45) is 0 Å². The highest BCUT2D eigenvalue weighted by molar-refractivity contribution is 9.10. The minimum Gasteiger partial charge on any atom is -0.598 e. The van der Waals surface area contributed by atoms with Crippen LogP contribution in [0.5, 0.6) is 0 Å². The summed E-state index contributed by atoms with van der Waals surface area (Å²) in [5.74, 6) is -0.697. The first kappa shape index (κ1) is 21.4. The number of nitrogens with zero attached hydrogens (tertiary/aromatic N) is 1. The van der Waals surface area contributed by atoms with Crippen LogP contribution in [0.4, 0.5) is 4.39 Å². The number of hydrogen-bond donors (Lipinski definition) is 1. The van der Waals surface area contributed by atoms with Gasteiger partial charge < -0.3 is 4.55 Å². The van der Waals surface area contributed by atoms with Crippen molar-refractivity contribution in [1.29, 1.82) is 0 Å². The topological polar surface area (TPSA) is 64.6 Å². The Hall–Kier alpha value is -0.670. The third-order valence-electron chi connectivity index (χ3n) is 3.56. The smallest absolute Gasteiger partial charge is 0.248 e. The summed E-state index contributed by atoms with van der Waals surface area (Å²) in [5.41, 5.74) is -0.315. The van der Waals surface area contributed by atoms with E-state index in [2.05, 4.69) is 20.7 Å². The largest absolute Gasteiger partial charge is 0.598 e. The Kier molecular flexibility index (Phi) is 7.25. The van der Waals surface area contributed by atoms with Gasteiger partial charge >= 0.3 is 0 Å². The molecule has 1 amide bonds. The SMILES string of the molecule is CON(C)C(=O)C[C@](C)(N[S+]([O-])C(C)(C)C)c1ccc(F)c(Br)c1. The van der Waals surface area contributed by atoms with Crippen LogP contribution in [-0.4, -0.2) is 34.4 Å². The molecule has 8 heteroatoms. The zero-order valence-electron chi connectivity index (χ0n) is 14.8. The Balaban J connectivity index is 3.23. The molecule has 24 heavy (non-hydrogen) atoms. The minimum atomic E-state index is -1.42. The zero-order chi connectivity index (χ0) is 18.7. The van der Waals surface area contributed by atoms with Crippen LogP contribution < -0.4 is 4.72 Å². The number of amides is 1. The van der Waals surface area contributed by atoms with Gasteiger partial charge in [0.05, 0.1) is 23.5 Å². The first-order valence-electron chi connectivity index (χ1n) is 7.36. The quantitative estimate of drug-likeness (QED) is 0.564. The summed E-state index contributed by atoms with van der Waals surface area (Å²) in [6, 6.07) is 4.47. The van der Waals surface area contributed by atoms with Crippen molar-refractivity contribution in [3.63, 3.8) is 0 Å². The van der Waals surface area contributed by atoms with Gasteiger partial charge in [-0.2, -0.15) is 0 Å². The third kappa shape index (κ3) is 5.42. The average Bonchev–Trinajstić information content (AvgIpc) is 2.47. The molecule has 1 rings (SSSR count). The molecule has 0 aliphatic carbocycles. The number of benzene rings is 1. The Morgan fingerprint density at radius 1 is 1.42 bits per heavy atom. The minimum absolute atomic E-state index is 0.00275. The summed E-state index contributed by atoms with van der Waals surface area (Å²) in [7, 11) is 2.90. The van der Waals surface area contributed by atoms with Gasteiger partial charge in [-0.3, -0.25) is 9.63 Å². The van der Waals surface area contributed by atoms with E-state index in [4.69, 9.17) is 4.84 Å². The van der Waals surface area contributed by atoms with E-state index in [0.717, 1.165) is 5.06 Å². The summed E-state index contributed by atoms with van der Waals surface area (Å²) < 4.78 is 28.9. The Labute approximate surface area is 154 Å². The van der Waals surface area contributed by atoms with Gasteiger partial charge in [-0.1, -0.05) is 6.07 Å². The lowest BCUT2D eigenvalue weighted by Gasteiger charge is -2.35. The van der Waals surface area contributed by atoms with Crippen LogP contribution in [0.15, 0.2) is 22.7 Å². The fraction of sp³-hybridized carbons (Fsp3) is 0.562. The van der Waals surface area contributed by atoms with E-state index >= 15 is 0 Å². The number of halogens is 2. The zero-order valence-corrected chi connectivity index (χ0v) is 17.2. The van der Waals surface area contributed by atoms with Crippen molar-refractivity contribution in [3.8, 4) is 0 Å². The molecule has 0 aromatic heterocycles. The molecule has 0 bridgehead atoms. The number of hydroxylamine groups is 2. The van der Waals surface area contributed by atoms with Crippen molar-refractivity contribution in [2.45, 2.75) is 44.4 Å². The number of hydrogen-bond acceptors (Lipinski definition) is 4. The fourth-order valence-corrected chi connectivity index (χ4v) is 3.19. The molecule has 136 valence electrons. The summed E-state index contributed by atoms with van der Waals surface area (Å²) in [6.07, 6.45) is -0.00275. The summed E-state index contributed by atoms with van der Waals surface area (Å²) >= 11 is 1.73. The molecule has 1 unspecified atom stereocenters. The molecule has 1 N–H and O–H groups in total. The van der Waals surface area contributed by atoms with Crippen LogP contribution in [0.3, 0.4) is 0 Å². The summed E-state index contributed by atoms with van der Waals surface area (Å²) in [6.45, 7) is 7.26. The molecule has 5 nitrogen and oxygen atoms in total. The average molecular weight is 423 g/mol. The molecular formula is C16H24BrFN2O3S. The van der Waals surface area contributed by atoms with Crippen LogP contribution in [0.25, 0.3) is 0 Å². The lowest BCUT2D eigenvalue weighted by atomic mass is 9.89. The molecule has 0 radical (unpaired) electrons. The Bertz CT molecular complexity index is 597. The van der Waals surface area contributed by atoms with Crippen LogP contribution in [0, 0.1) is 5.82 Å². The predicted molar refractivity (Wildman–Crippen MR) is 96.9 cm³/mol. The van der Waals surface area contributed by atoms with Gasteiger partial charge in [-0.05, 0) is 61.3 Å². The van der Waals surface area contributed by atoms with Gasteiger partial charge in [0.15, 0.2) is 0 Å². The van der Waals surface area contributed by atoms with Crippen molar-refractivity contribution in [2.75, 3.05) is 14.2 Å². The maximum atomic E-state index is 13.6. The number of carbonyl (C=O) groups excluding carboxylic acids is 1. The van der Waals surface area contributed by atoms with E-state index in [1.165, 1.54) is 20.2 Å². The highest BCUT2D eigenvalue weighted by Gasteiger charge is 2.39. The molecule has 0 spiro atoms. The summed E-state index contributed by atoms with van der Waals surface area (Å²) in [5, 5.41) is 1.11. The normalized spacial score (nSPS) is 15.7. The van der Waals surface area contributed by atoms with Gasteiger partial charge in [0, 0.05) is 18.4 Å². The van der Waals surface area contributed by atoms with Crippen molar-refractivity contribution >= 4 is 33.2 Å². The van der Waals surface area contributed by atoms with E-state index in [-0.39, 0.29) is 16.8 Å². The first-order chi connectivity index (χ1) is 10.9. The molecule has 2 atom stereocenters. The predicted octanol–water partition coefficient (Wildman–Crippen LogP) is 3.27. The fourth-order valence-electron chi connectivity index (χ4n) is 1.91. The second kappa shape index (κ2) is 8.14. The number of nitrogens with one attached hydrogen (secondary N) is 1. The van der Waals surface area contributed by atoms with Crippen LogP contribution in [-0.2, 0) is 26.5 Å². The first-order valence-corrected chi connectivity index (χ1v) is 9.31. The lowest BCUT2D eigenvalue weighted by molar-refractivity contribution is -0.170. The van der Waals surface area contributed by atoms with E-state index in [1.807, 2.05) is 20.8 Å². The van der Waals surface area contributed by atoms with Crippen LogP contribution in [0.2, 0.25) is 0 Å². The molecule has 0 saturated carbocycles. The molecular weight excluding hydrogens is 399 g/mol. The van der Waals surface area contributed by atoms with E-state index < -0.39 is 27.5 Å². The molecule has 0 saturated heterocycles. The highest BCUT2D eigenvalue weighted by Crippen LogP contribution is 2.31. The number of carbonyl (C=O) groups is 1. The standard InChI is InChI=1S/C16H24BrFN2O3S/c1-15(2,3)24(22)19-16(4,10-14(21)20(5)23-6)11-7-8-13(18)12(17)9-11/h7-9,19H,10H2,1-6H3/t16-,24?/m0/s1. The maximum Gasteiger partial charge on any atom is 0.248 e. The van der Waals surface area contributed by atoms with Crippen molar-refractivity contribution in [3.05, 3.63) is 34.1 Å². The Morgan fingerprint density at radius 2 is 2.00 bits per heavy atom. The lowest BCUT2D eigenvalue weighted by Crippen LogP contribution is -2.51. The summed E-state index contributed by atoms with van der Waals surface area (Å²) in [4.78, 5) is 17.2. The maximum absolute atomic E-state index is 13.6. The van der Waals surface area contributed by atoms with Crippen LogP contribution in [0.1, 0.15) is 39.7 Å². The van der Waals surface area contributed by atoms with Gasteiger partial charge in [0.25, 0.3) is 0 Å². The second-order valence-electron chi connectivity index (χ2n) is 6.69. The molecule has 1 aromatic rings. The van der Waals surface area contributed by atoms with Gasteiger partial charge in [-0.15, -0.1) is 4.72 Å². The number of rotatable bonds is 6. The molecule has 0 heterocycles. The van der Waals surface area contributed by atoms with Gasteiger partial charge in [0.1, 0.15) is 10.6 Å². The van der Waals surface area contributed by atoms with Crippen LogP contribution >= 0.6 is 15.9 Å². The third-order valence-corrected chi connectivity index (χ3v) is 5.92.